The second kappa shape index (κ2) is 6.45. The Hall–Kier alpha value is -2.46. The largest absolute Gasteiger partial charge is 0.497 e. The summed E-state index contributed by atoms with van der Waals surface area (Å²) in [7, 11) is 1.69. The second-order valence-corrected chi connectivity index (χ2v) is 6.80. The number of ether oxygens (including phenoxy) is 1. The van der Waals surface area contributed by atoms with E-state index >= 15 is 0 Å². The molecule has 4 rings (SSSR count). The van der Waals surface area contributed by atoms with E-state index in [0.717, 1.165) is 59.7 Å². The van der Waals surface area contributed by atoms with Crippen molar-refractivity contribution in [1.29, 1.82) is 0 Å². The van der Waals surface area contributed by atoms with Crippen LogP contribution in [0.15, 0.2) is 42.5 Å². The molecule has 5 heteroatoms. The first-order valence-corrected chi connectivity index (χ1v) is 8.79. The lowest BCUT2D eigenvalue weighted by Crippen LogP contribution is -2.30. The molecule has 0 radical (unpaired) electrons. The van der Waals surface area contributed by atoms with Gasteiger partial charge in [0.15, 0.2) is 0 Å². The number of anilines is 2. The molecule has 0 fully saturated rings. The summed E-state index contributed by atoms with van der Waals surface area (Å²) in [6.45, 7) is 1.74. The summed E-state index contributed by atoms with van der Waals surface area (Å²) in [5, 5.41) is 1.65. The van der Waals surface area contributed by atoms with E-state index in [9.17, 15) is 0 Å². The molecule has 1 aromatic heterocycles. The number of fused-ring (bicyclic) bond motifs is 2. The van der Waals surface area contributed by atoms with Crippen LogP contribution < -0.4 is 15.4 Å². The van der Waals surface area contributed by atoms with Crippen LogP contribution in [0.4, 0.5) is 11.5 Å². The molecule has 25 heavy (non-hydrogen) atoms. The zero-order valence-corrected chi connectivity index (χ0v) is 14.9. The molecule has 2 heterocycles. The minimum absolute atomic E-state index is 0.675. The van der Waals surface area contributed by atoms with Crippen molar-refractivity contribution in [2.75, 3.05) is 24.3 Å². The smallest absolute Gasteiger partial charge is 0.134 e. The van der Waals surface area contributed by atoms with Gasteiger partial charge in [0, 0.05) is 34.7 Å². The van der Waals surface area contributed by atoms with Crippen molar-refractivity contribution in [3.63, 3.8) is 0 Å². The highest BCUT2D eigenvalue weighted by Gasteiger charge is 2.22. The van der Waals surface area contributed by atoms with Crippen LogP contribution >= 0.6 is 11.6 Å². The number of halogens is 1. The molecule has 0 aliphatic carbocycles. The Morgan fingerprint density at radius 1 is 1.24 bits per heavy atom. The van der Waals surface area contributed by atoms with Crippen molar-refractivity contribution >= 4 is 34.0 Å². The Balaban J connectivity index is 1.77. The van der Waals surface area contributed by atoms with Gasteiger partial charge in [-0.3, -0.25) is 0 Å². The lowest BCUT2D eigenvalue weighted by Gasteiger charge is -2.31. The summed E-state index contributed by atoms with van der Waals surface area (Å²) in [5.74, 6) is 1.84. The molecule has 2 aromatic carbocycles. The van der Waals surface area contributed by atoms with E-state index in [-0.39, 0.29) is 0 Å². The molecule has 2 N–H and O–H groups in total. The fourth-order valence-electron chi connectivity index (χ4n) is 3.50. The predicted octanol–water partition coefficient (Wildman–Crippen LogP) is 4.43. The van der Waals surface area contributed by atoms with Crippen LogP contribution in [0.5, 0.6) is 5.75 Å². The Morgan fingerprint density at radius 2 is 2.12 bits per heavy atom. The van der Waals surface area contributed by atoms with Crippen LogP contribution in [-0.2, 0) is 13.0 Å². The number of rotatable bonds is 3. The Bertz CT molecular complexity index is 942. The molecule has 128 valence electrons. The summed E-state index contributed by atoms with van der Waals surface area (Å²) in [5.41, 5.74) is 10.5. The summed E-state index contributed by atoms with van der Waals surface area (Å²) < 4.78 is 5.33. The topological polar surface area (TPSA) is 51.4 Å². The minimum atomic E-state index is 0.675. The maximum Gasteiger partial charge on any atom is 0.134 e. The van der Waals surface area contributed by atoms with E-state index in [1.807, 2.05) is 30.3 Å². The van der Waals surface area contributed by atoms with Gasteiger partial charge in [-0.05, 0) is 48.7 Å². The Kier molecular flexibility index (Phi) is 4.14. The van der Waals surface area contributed by atoms with Gasteiger partial charge >= 0.3 is 0 Å². The van der Waals surface area contributed by atoms with Gasteiger partial charge in [0.25, 0.3) is 0 Å². The molecule has 0 saturated carbocycles. The molecule has 0 unspecified atom stereocenters. The number of hydrogen-bond acceptors (Lipinski definition) is 4. The van der Waals surface area contributed by atoms with Gasteiger partial charge in [-0.1, -0.05) is 23.7 Å². The van der Waals surface area contributed by atoms with Gasteiger partial charge in [-0.25, -0.2) is 4.98 Å². The lowest BCUT2D eigenvalue weighted by molar-refractivity contribution is 0.414. The zero-order valence-electron chi connectivity index (χ0n) is 14.1. The molecule has 4 nitrogen and oxygen atoms in total. The van der Waals surface area contributed by atoms with Crippen molar-refractivity contribution in [3.05, 3.63) is 58.6 Å². The number of hydrogen-bond donors (Lipinski definition) is 1. The fraction of sp³-hybridized carbons (Fsp3) is 0.250. The number of aromatic nitrogens is 1. The molecular weight excluding hydrogens is 334 g/mol. The van der Waals surface area contributed by atoms with Crippen molar-refractivity contribution in [2.45, 2.75) is 19.4 Å². The molecule has 0 atom stereocenters. The van der Waals surface area contributed by atoms with E-state index < -0.39 is 0 Å². The van der Waals surface area contributed by atoms with Crippen LogP contribution in [0.3, 0.4) is 0 Å². The van der Waals surface area contributed by atoms with Crippen molar-refractivity contribution in [2.24, 2.45) is 0 Å². The van der Waals surface area contributed by atoms with Crippen molar-refractivity contribution < 1.29 is 4.74 Å². The average molecular weight is 354 g/mol. The van der Waals surface area contributed by atoms with Crippen LogP contribution in [0.2, 0.25) is 5.02 Å². The molecule has 1 aliphatic rings. The summed E-state index contributed by atoms with van der Waals surface area (Å²) >= 11 is 6.15. The molecule has 0 bridgehead atoms. The first kappa shape index (κ1) is 16.0. The molecule has 0 spiro atoms. The van der Waals surface area contributed by atoms with Gasteiger partial charge in [0.05, 0.1) is 12.6 Å². The van der Waals surface area contributed by atoms with E-state index in [1.54, 1.807) is 7.11 Å². The van der Waals surface area contributed by atoms with Crippen molar-refractivity contribution in [1.82, 2.24) is 4.98 Å². The first-order valence-electron chi connectivity index (χ1n) is 8.41. The number of methoxy groups -OCH3 is 1. The van der Waals surface area contributed by atoms with Gasteiger partial charge in [0.2, 0.25) is 0 Å². The van der Waals surface area contributed by atoms with Gasteiger partial charge < -0.3 is 15.4 Å². The van der Waals surface area contributed by atoms with Gasteiger partial charge in [-0.15, -0.1) is 0 Å². The van der Waals surface area contributed by atoms with E-state index in [2.05, 4.69) is 17.0 Å². The molecule has 0 saturated heterocycles. The standard InChI is InChI=1S/C20H20ClN3O/c1-25-15-5-2-4-13(10-15)12-24-9-3-6-17-19(22)16-8-7-14(21)11-18(16)23-20(17)24/h2,4-5,7-8,10-11H,3,6,9,12H2,1H3,(H2,22,23). The molecule has 3 aromatic rings. The fourth-order valence-corrected chi connectivity index (χ4v) is 3.66. The van der Waals surface area contributed by atoms with Gasteiger partial charge in [-0.2, -0.15) is 0 Å². The third-order valence-electron chi connectivity index (χ3n) is 4.73. The number of nitrogen functional groups attached to an aromatic ring is 1. The quantitative estimate of drug-likeness (QED) is 0.756. The highest BCUT2D eigenvalue weighted by molar-refractivity contribution is 6.31. The number of nitrogens with zero attached hydrogens (tertiary/aromatic N) is 2. The second-order valence-electron chi connectivity index (χ2n) is 6.37. The maximum atomic E-state index is 6.46. The lowest BCUT2D eigenvalue weighted by atomic mass is 10.00. The predicted molar refractivity (Wildman–Crippen MR) is 104 cm³/mol. The number of pyridine rings is 1. The van der Waals surface area contributed by atoms with E-state index in [4.69, 9.17) is 27.1 Å². The highest BCUT2D eigenvalue weighted by atomic mass is 35.5. The zero-order chi connectivity index (χ0) is 17.4. The normalized spacial score (nSPS) is 13.8. The van der Waals surface area contributed by atoms with E-state index in [1.165, 1.54) is 5.56 Å². The Morgan fingerprint density at radius 3 is 2.96 bits per heavy atom. The van der Waals surface area contributed by atoms with E-state index in [0.29, 0.717) is 5.02 Å². The van der Waals surface area contributed by atoms with Crippen LogP contribution in [0.1, 0.15) is 17.5 Å². The van der Waals surface area contributed by atoms with Crippen molar-refractivity contribution in [3.8, 4) is 5.75 Å². The van der Waals surface area contributed by atoms with Gasteiger partial charge in [0.1, 0.15) is 11.6 Å². The maximum absolute atomic E-state index is 6.46. The third kappa shape index (κ3) is 2.98. The molecule has 0 amide bonds. The van der Waals surface area contributed by atoms with Crippen LogP contribution in [-0.4, -0.2) is 18.6 Å². The Labute approximate surface area is 152 Å². The molecular formula is C20H20ClN3O. The minimum Gasteiger partial charge on any atom is -0.497 e. The van der Waals surface area contributed by atoms with Crippen LogP contribution in [0.25, 0.3) is 10.9 Å². The average Bonchev–Trinajstić information content (AvgIpc) is 2.62. The summed E-state index contributed by atoms with van der Waals surface area (Å²) in [6.07, 6.45) is 2.03. The SMILES string of the molecule is COc1cccc(CN2CCCc3c2nc2cc(Cl)ccc2c3N)c1. The number of nitrogens with two attached hydrogens (primary N) is 1. The highest BCUT2D eigenvalue weighted by Crippen LogP contribution is 2.36. The third-order valence-corrected chi connectivity index (χ3v) is 4.97. The first-order chi connectivity index (χ1) is 12.2. The monoisotopic (exact) mass is 353 g/mol. The summed E-state index contributed by atoms with van der Waals surface area (Å²) in [4.78, 5) is 7.18. The summed E-state index contributed by atoms with van der Waals surface area (Å²) in [6, 6.07) is 13.9. The molecule has 1 aliphatic heterocycles. The number of benzene rings is 2. The van der Waals surface area contributed by atoms with Crippen LogP contribution in [0, 0.1) is 0 Å².